The fourth-order valence-electron chi connectivity index (χ4n) is 1.79. The Balaban J connectivity index is 2.09. The molecule has 5 nitrogen and oxygen atoms in total. The quantitative estimate of drug-likeness (QED) is 0.923. The highest BCUT2D eigenvalue weighted by Crippen LogP contribution is 2.30. The van der Waals surface area contributed by atoms with Crippen LogP contribution in [0.2, 0.25) is 5.02 Å². The van der Waals surface area contributed by atoms with E-state index in [1.165, 1.54) is 18.5 Å². The molecular weight excluding hydrogens is 311 g/mol. The summed E-state index contributed by atoms with van der Waals surface area (Å²) in [5.41, 5.74) is 6.39. The van der Waals surface area contributed by atoms with Crippen LogP contribution in [0.1, 0.15) is 18.5 Å². The number of hydrogen-bond donors (Lipinski definition) is 1. The first-order chi connectivity index (χ1) is 9.78. The number of hydrogen-bond acceptors (Lipinski definition) is 5. The van der Waals surface area contributed by atoms with E-state index >= 15 is 0 Å². The van der Waals surface area contributed by atoms with E-state index in [1.807, 2.05) is 6.92 Å². The topological polar surface area (TPSA) is 60.6 Å². The summed E-state index contributed by atoms with van der Waals surface area (Å²) in [4.78, 5) is 5.52. The van der Waals surface area contributed by atoms with E-state index in [4.69, 9.17) is 22.1 Å². The normalized spacial score (nSPS) is 19.5. The molecule has 2 rings (SSSR count). The Labute approximate surface area is 124 Å². The molecule has 0 bridgehead atoms. The molecule has 0 saturated carbocycles. The van der Waals surface area contributed by atoms with E-state index in [-0.39, 0.29) is 16.9 Å². The van der Waals surface area contributed by atoms with Gasteiger partial charge in [-0.1, -0.05) is 11.6 Å². The molecule has 1 aliphatic rings. The minimum Gasteiger partial charge on any atom is -0.467 e. The van der Waals surface area contributed by atoms with Crippen molar-refractivity contribution in [2.24, 2.45) is 5.73 Å². The average Bonchev–Trinajstić information content (AvgIpc) is 2.81. The molecule has 1 aromatic heterocycles. The van der Waals surface area contributed by atoms with Crippen LogP contribution in [0.15, 0.2) is 24.7 Å². The third kappa shape index (κ3) is 3.92. The van der Waals surface area contributed by atoms with Crippen molar-refractivity contribution in [2.45, 2.75) is 25.5 Å². The number of ether oxygens (including phenoxy) is 2. The molecule has 9 heteroatoms. The number of aromatic nitrogens is 1. The Morgan fingerprint density at radius 1 is 1.57 bits per heavy atom. The van der Waals surface area contributed by atoms with Gasteiger partial charge in [0.15, 0.2) is 6.61 Å². The summed E-state index contributed by atoms with van der Waals surface area (Å²) in [7, 11) is 0. The van der Waals surface area contributed by atoms with E-state index in [1.54, 1.807) is 11.1 Å². The van der Waals surface area contributed by atoms with E-state index in [2.05, 4.69) is 9.72 Å². The molecule has 0 aliphatic carbocycles. The standard InChI is InChI=1S/C12H13ClF3N3O2/c1-7(19-2-3-20-11(19)17)8-4-9(13)10(18-5-8)21-6-12(14,15)16/h2-5,7,11H,6,17H2,1H3. The van der Waals surface area contributed by atoms with Crippen LogP contribution in [-0.4, -0.2) is 29.0 Å². The van der Waals surface area contributed by atoms with Gasteiger partial charge < -0.3 is 14.4 Å². The van der Waals surface area contributed by atoms with Crippen LogP contribution in [-0.2, 0) is 4.74 Å². The molecule has 1 aliphatic heterocycles. The van der Waals surface area contributed by atoms with Crippen LogP contribution in [0.5, 0.6) is 5.88 Å². The molecule has 21 heavy (non-hydrogen) atoms. The largest absolute Gasteiger partial charge is 0.467 e. The lowest BCUT2D eigenvalue weighted by molar-refractivity contribution is -0.154. The third-order valence-electron chi connectivity index (χ3n) is 2.88. The van der Waals surface area contributed by atoms with Crippen molar-refractivity contribution in [2.75, 3.05) is 6.61 Å². The van der Waals surface area contributed by atoms with Gasteiger partial charge in [-0.15, -0.1) is 0 Å². The minimum absolute atomic E-state index is 0.00117. The summed E-state index contributed by atoms with van der Waals surface area (Å²) in [5, 5.41) is 0.00117. The van der Waals surface area contributed by atoms with Crippen molar-refractivity contribution < 1.29 is 22.6 Å². The molecule has 116 valence electrons. The summed E-state index contributed by atoms with van der Waals surface area (Å²) in [5.74, 6) is -0.262. The number of nitrogens with zero attached hydrogens (tertiary/aromatic N) is 2. The van der Waals surface area contributed by atoms with E-state index < -0.39 is 19.1 Å². The molecule has 2 N–H and O–H groups in total. The summed E-state index contributed by atoms with van der Waals surface area (Å²) < 4.78 is 45.9. The molecule has 0 amide bonds. The van der Waals surface area contributed by atoms with E-state index in [9.17, 15) is 13.2 Å². The number of rotatable bonds is 4. The van der Waals surface area contributed by atoms with Crippen molar-refractivity contribution in [3.05, 3.63) is 35.3 Å². The van der Waals surface area contributed by atoms with Crippen molar-refractivity contribution in [1.82, 2.24) is 9.88 Å². The van der Waals surface area contributed by atoms with Crippen molar-refractivity contribution >= 4 is 11.6 Å². The maximum Gasteiger partial charge on any atom is 0.422 e. The number of nitrogens with two attached hydrogens (primary N) is 1. The van der Waals surface area contributed by atoms with Crippen LogP contribution in [0.3, 0.4) is 0 Å². The van der Waals surface area contributed by atoms with Gasteiger partial charge in [-0.3, -0.25) is 5.73 Å². The van der Waals surface area contributed by atoms with Gasteiger partial charge in [-0.05, 0) is 18.6 Å². The lowest BCUT2D eigenvalue weighted by atomic mass is 10.1. The molecule has 1 aromatic rings. The molecule has 2 atom stereocenters. The van der Waals surface area contributed by atoms with Gasteiger partial charge in [0.1, 0.15) is 11.3 Å². The van der Waals surface area contributed by atoms with Gasteiger partial charge in [0.2, 0.25) is 12.2 Å². The second kappa shape index (κ2) is 5.98. The zero-order valence-electron chi connectivity index (χ0n) is 11.0. The fourth-order valence-corrected chi connectivity index (χ4v) is 2.02. The summed E-state index contributed by atoms with van der Waals surface area (Å²) >= 11 is 5.89. The number of alkyl halides is 3. The highest BCUT2D eigenvalue weighted by atomic mass is 35.5. The summed E-state index contributed by atoms with van der Waals surface area (Å²) in [6, 6.07) is 1.28. The van der Waals surface area contributed by atoms with Crippen LogP contribution < -0.4 is 10.5 Å². The van der Waals surface area contributed by atoms with Crippen LogP contribution in [0, 0.1) is 0 Å². The Morgan fingerprint density at radius 3 is 2.81 bits per heavy atom. The summed E-state index contributed by atoms with van der Waals surface area (Å²) in [6.07, 6.45) is -0.559. The molecule has 2 unspecified atom stereocenters. The highest BCUT2D eigenvalue weighted by molar-refractivity contribution is 6.31. The second-order valence-electron chi connectivity index (χ2n) is 4.39. The van der Waals surface area contributed by atoms with Gasteiger partial charge in [-0.25, -0.2) is 4.98 Å². The Kier molecular flexibility index (Phi) is 4.48. The monoisotopic (exact) mass is 323 g/mol. The molecular formula is C12H13ClF3N3O2. The number of halogens is 4. The third-order valence-corrected chi connectivity index (χ3v) is 3.15. The predicted molar refractivity (Wildman–Crippen MR) is 69.3 cm³/mol. The van der Waals surface area contributed by atoms with Crippen LogP contribution in [0.25, 0.3) is 0 Å². The molecule has 0 radical (unpaired) electrons. The molecule has 2 heterocycles. The molecule has 0 aromatic carbocycles. The van der Waals surface area contributed by atoms with Gasteiger partial charge in [0.25, 0.3) is 0 Å². The molecule has 0 saturated heterocycles. The SMILES string of the molecule is CC(c1cnc(OCC(F)(F)F)c(Cl)c1)N1C=COC1N. The zero-order chi connectivity index (χ0) is 15.6. The molecule has 0 fully saturated rings. The Hall–Kier alpha value is -1.67. The lowest BCUT2D eigenvalue weighted by Crippen LogP contribution is -2.37. The molecule has 0 spiro atoms. The van der Waals surface area contributed by atoms with Crippen molar-refractivity contribution in [1.29, 1.82) is 0 Å². The Bertz CT molecular complexity index is 539. The maximum atomic E-state index is 12.1. The van der Waals surface area contributed by atoms with Gasteiger partial charge >= 0.3 is 6.18 Å². The first kappa shape index (κ1) is 15.7. The first-order valence-electron chi connectivity index (χ1n) is 5.98. The lowest BCUT2D eigenvalue weighted by Gasteiger charge is -2.27. The van der Waals surface area contributed by atoms with Gasteiger partial charge in [-0.2, -0.15) is 13.2 Å². The minimum atomic E-state index is -4.44. The maximum absolute atomic E-state index is 12.1. The first-order valence-corrected chi connectivity index (χ1v) is 6.36. The second-order valence-corrected chi connectivity index (χ2v) is 4.80. The smallest absolute Gasteiger partial charge is 0.422 e. The van der Waals surface area contributed by atoms with Crippen LogP contribution in [0.4, 0.5) is 13.2 Å². The van der Waals surface area contributed by atoms with Crippen molar-refractivity contribution in [3.63, 3.8) is 0 Å². The average molecular weight is 324 g/mol. The van der Waals surface area contributed by atoms with E-state index in [0.29, 0.717) is 5.56 Å². The fraction of sp³-hybridized carbons (Fsp3) is 0.417. The highest BCUT2D eigenvalue weighted by Gasteiger charge is 2.29. The predicted octanol–water partition coefficient (Wildman–Crippen LogP) is 2.78. The van der Waals surface area contributed by atoms with E-state index in [0.717, 1.165) is 0 Å². The summed E-state index contributed by atoms with van der Waals surface area (Å²) in [6.45, 7) is 0.394. The van der Waals surface area contributed by atoms with Crippen LogP contribution >= 0.6 is 11.6 Å². The van der Waals surface area contributed by atoms with Crippen molar-refractivity contribution in [3.8, 4) is 5.88 Å². The zero-order valence-corrected chi connectivity index (χ0v) is 11.7. The van der Waals surface area contributed by atoms with Gasteiger partial charge in [0, 0.05) is 12.4 Å². The van der Waals surface area contributed by atoms with Gasteiger partial charge in [0.05, 0.1) is 6.04 Å². The number of pyridine rings is 1. The Morgan fingerprint density at radius 2 is 2.29 bits per heavy atom.